The number of nitrogens with zero attached hydrogens (tertiary/aromatic N) is 2. The fourth-order valence-corrected chi connectivity index (χ4v) is 2.37. The standard InChI is InChI=1S/C14H17N3O/c1-2-7-12(8-3-1)15-16-14-13-9-5-4-6-11(13)10-18-17-14/h4-6,9H,1-3,7-8,10H2,(H,16,17). The zero-order valence-corrected chi connectivity index (χ0v) is 10.4. The first-order valence-electron chi connectivity index (χ1n) is 6.53. The topological polar surface area (TPSA) is 46.0 Å². The van der Waals surface area contributed by atoms with Crippen molar-refractivity contribution in [3.8, 4) is 0 Å². The van der Waals surface area contributed by atoms with Crippen molar-refractivity contribution in [2.24, 2.45) is 10.2 Å². The molecule has 0 aromatic heterocycles. The van der Waals surface area contributed by atoms with Gasteiger partial charge in [0.25, 0.3) is 0 Å². The van der Waals surface area contributed by atoms with Crippen molar-refractivity contribution in [2.45, 2.75) is 38.7 Å². The van der Waals surface area contributed by atoms with Crippen LogP contribution >= 0.6 is 0 Å². The number of hydrogen-bond donors (Lipinski definition) is 1. The van der Waals surface area contributed by atoms with Gasteiger partial charge in [0.15, 0.2) is 5.84 Å². The predicted octanol–water partition coefficient (Wildman–Crippen LogP) is 2.79. The normalized spacial score (nSPS) is 21.3. The number of rotatable bonds is 1. The maximum atomic E-state index is 5.30. The Morgan fingerprint density at radius 1 is 1.00 bits per heavy atom. The van der Waals surface area contributed by atoms with Crippen molar-refractivity contribution in [3.63, 3.8) is 0 Å². The maximum absolute atomic E-state index is 5.30. The molecule has 3 rings (SSSR count). The van der Waals surface area contributed by atoms with E-state index < -0.39 is 0 Å². The molecule has 1 heterocycles. The zero-order valence-electron chi connectivity index (χ0n) is 10.4. The van der Waals surface area contributed by atoms with Crippen molar-refractivity contribution < 1.29 is 4.84 Å². The van der Waals surface area contributed by atoms with Crippen LogP contribution < -0.4 is 5.48 Å². The van der Waals surface area contributed by atoms with Gasteiger partial charge in [-0.25, -0.2) is 5.48 Å². The van der Waals surface area contributed by atoms with Gasteiger partial charge in [0, 0.05) is 11.3 Å². The Morgan fingerprint density at radius 2 is 1.83 bits per heavy atom. The first kappa shape index (κ1) is 11.4. The van der Waals surface area contributed by atoms with Crippen molar-refractivity contribution >= 4 is 11.5 Å². The van der Waals surface area contributed by atoms with E-state index in [4.69, 9.17) is 4.84 Å². The molecular formula is C14H17N3O. The minimum Gasteiger partial charge on any atom is -0.270 e. The molecule has 1 aliphatic heterocycles. The highest BCUT2D eigenvalue weighted by Crippen LogP contribution is 2.17. The van der Waals surface area contributed by atoms with E-state index in [0.29, 0.717) is 6.61 Å². The molecule has 0 spiro atoms. The van der Waals surface area contributed by atoms with Gasteiger partial charge in [-0.1, -0.05) is 30.7 Å². The minimum atomic E-state index is 0.575. The first-order valence-corrected chi connectivity index (χ1v) is 6.53. The number of hydrogen-bond acceptors (Lipinski definition) is 3. The van der Waals surface area contributed by atoms with Gasteiger partial charge in [-0.15, -0.1) is 5.10 Å². The Morgan fingerprint density at radius 3 is 2.72 bits per heavy atom. The summed E-state index contributed by atoms with van der Waals surface area (Å²) in [7, 11) is 0. The van der Waals surface area contributed by atoms with Gasteiger partial charge in [0.05, 0.1) is 0 Å². The van der Waals surface area contributed by atoms with E-state index in [1.165, 1.54) is 25.0 Å². The lowest BCUT2D eigenvalue weighted by molar-refractivity contribution is 0.0650. The molecular weight excluding hydrogens is 226 g/mol. The molecule has 4 heteroatoms. The summed E-state index contributed by atoms with van der Waals surface area (Å²) < 4.78 is 0. The third-order valence-electron chi connectivity index (χ3n) is 3.39. The van der Waals surface area contributed by atoms with Gasteiger partial charge in [0.2, 0.25) is 0 Å². The molecule has 4 nitrogen and oxygen atoms in total. The fourth-order valence-electron chi connectivity index (χ4n) is 2.37. The highest BCUT2D eigenvalue weighted by Gasteiger charge is 2.15. The zero-order chi connectivity index (χ0) is 12.2. The molecule has 1 N–H and O–H groups in total. The summed E-state index contributed by atoms with van der Waals surface area (Å²) in [5, 5.41) is 8.68. The lowest BCUT2D eigenvalue weighted by Crippen LogP contribution is -2.30. The molecule has 0 atom stereocenters. The van der Waals surface area contributed by atoms with Crippen LogP contribution in [0.15, 0.2) is 34.5 Å². The van der Waals surface area contributed by atoms with E-state index >= 15 is 0 Å². The Balaban J connectivity index is 1.84. The monoisotopic (exact) mass is 243 g/mol. The Bertz CT molecular complexity index is 486. The van der Waals surface area contributed by atoms with Gasteiger partial charge < -0.3 is 0 Å². The van der Waals surface area contributed by atoms with Gasteiger partial charge in [-0.2, -0.15) is 5.10 Å². The first-order chi connectivity index (χ1) is 8.93. The second-order valence-electron chi connectivity index (χ2n) is 4.72. The van der Waals surface area contributed by atoms with Gasteiger partial charge in [-0.3, -0.25) is 4.84 Å². The van der Waals surface area contributed by atoms with Gasteiger partial charge >= 0.3 is 0 Å². The molecule has 2 aliphatic rings. The van der Waals surface area contributed by atoms with Crippen LogP contribution in [0.25, 0.3) is 0 Å². The highest BCUT2D eigenvalue weighted by atomic mass is 16.6. The van der Waals surface area contributed by atoms with Crippen LogP contribution in [0.4, 0.5) is 0 Å². The summed E-state index contributed by atoms with van der Waals surface area (Å²) in [5.74, 6) is 0.718. The third-order valence-corrected chi connectivity index (χ3v) is 3.39. The molecule has 0 radical (unpaired) electrons. The van der Waals surface area contributed by atoms with Crippen LogP contribution in [0, 0.1) is 0 Å². The molecule has 1 aromatic carbocycles. The van der Waals surface area contributed by atoms with Crippen LogP contribution in [-0.4, -0.2) is 11.5 Å². The number of benzene rings is 1. The number of fused-ring (bicyclic) bond motifs is 1. The van der Waals surface area contributed by atoms with Crippen molar-refractivity contribution in [1.82, 2.24) is 5.48 Å². The van der Waals surface area contributed by atoms with Crippen molar-refractivity contribution in [2.75, 3.05) is 0 Å². The third kappa shape index (κ3) is 2.43. The number of amidine groups is 1. The molecule has 18 heavy (non-hydrogen) atoms. The highest BCUT2D eigenvalue weighted by molar-refractivity contribution is 6.00. The molecule has 0 unspecified atom stereocenters. The predicted molar refractivity (Wildman–Crippen MR) is 71.4 cm³/mol. The van der Waals surface area contributed by atoms with Gasteiger partial charge in [-0.05, 0) is 31.2 Å². The van der Waals surface area contributed by atoms with Crippen LogP contribution in [-0.2, 0) is 11.4 Å². The van der Waals surface area contributed by atoms with Gasteiger partial charge in [0.1, 0.15) is 6.61 Å². The number of hydroxylamine groups is 1. The summed E-state index contributed by atoms with van der Waals surface area (Å²) in [5.41, 5.74) is 6.30. The summed E-state index contributed by atoms with van der Waals surface area (Å²) in [6.07, 6.45) is 5.97. The van der Waals surface area contributed by atoms with Crippen molar-refractivity contribution in [3.05, 3.63) is 35.4 Å². The van der Waals surface area contributed by atoms with Crippen LogP contribution in [0.3, 0.4) is 0 Å². The smallest absolute Gasteiger partial charge is 0.179 e. The average Bonchev–Trinajstić information content (AvgIpc) is 2.46. The Kier molecular flexibility index (Phi) is 3.37. The summed E-state index contributed by atoms with van der Waals surface area (Å²) >= 11 is 0. The molecule has 0 amide bonds. The second-order valence-corrected chi connectivity index (χ2v) is 4.72. The second kappa shape index (κ2) is 5.31. The molecule has 0 bridgehead atoms. The van der Waals surface area contributed by atoms with E-state index in [9.17, 15) is 0 Å². The quantitative estimate of drug-likeness (QED) is 0.771. The molecule has 1 fully saturated rings. The largest absolute Gasteiger partial charge is 0.270 e. The minimum absolute atomic E-state index is 0.575. The summed E-state index contributed by atoms with van der Waals surface area (Å²) in [6.45, 7) is 0.575. The van der Waals surface area contributed by atoms with E-state index in [2.05, 4.69) is 21.7 Å². The number of nitrogens with one attached hydrogen (secondary N) is 1. The lowest BCUT2D eigenvalue weighted by atomic mass is 9.99. The van der Waals surface area contributed by atoms with E-state index in [1.807, 2.05) is 18.2 Å². The Hall–Kier alpha value is -1.68. The molecule has 1 aromatic rings. The fraction of sp³-hybridized carbons (Fsp3) is 0.429. The van der Waals surface area contributed by atoms with Crippen LogP contribution in [0.2, 0.25) is 0 Å². The van der Waals surface area contributed by atoms with Crippen LogP contribution in [0.1, 0.15) is 43.2 Å². The Labute approximate surface area is 107 Å². The SMILES string of the molecule is c1ccc2c(c1)CON/C2=N\N=C1CCCCC1. The van der Waals surface area contributed by atoms with E-state index in [1.54, 1.807) is 0 Å². The van der Waals surface area contributed by atoms with Crippen LogP contribution in [0.5, 0.6) is 0 Å². The molecule has 1 aliphatic carbocycles. The summed E-state index contributed by atoms with van der Waals surface area (Å²) in [4.78, 5) is 5.30. The molecule has 1 saturated carbocycles. The molecule has 94 valence electrons. The summed E-state index contributed by atoms with van der Waals surface area (Å²) in [6, 6.07) is 8.12. The maximum Gasteiger partial charge on any atom is 0.179 e. The lowest BCUT2D eigenvalue weighted by Gasteiger charge is -2.18. The van der Waals surface area contributed by atoms with Crippen molar-refractivity contribution in [1.29, 1.82) is 0 Å². The van der Waals surface area contributed by atoms with E-state index in [0.717, 1.165) is 29.8 Å². The molecule has 0 saturated heterocycles. The van der Waals surface area contributed by atoms with E-state index in [-0.39, 0.29) is 0 Å². The average molecular weight is 243 g/mol.